The number of halogens is 2. The van der Waals surface area contributed by atoms with E-state index in [4.69, 9.17) is 4.74 Å². The molecule has 1 amide bonds. The SMILES string of the molecule is CC(C)(C)OC(=O)N1CCC(O)(c2ccc(Br)c(F)c2)CC1. The molecule has 4 nitrogen and oxygen atoms in total. The zero-order valence-electron chi connectivity index (χ0n) is 13.0. The third-order valence-corrected chi connectivity index (χ3v) is 4.34. The molecule has 2 rings (SSSR count). The molecule has 0 radical (unpaired) electrons. The van der Waals surface area contributed by atoms with E-state index in [1.165, 1.54) is 6.07 Å². The number of carbonyl (C=O) groups is 1. The number of carbonyl (C=O) groups excluding carboxylic acids is 1. The van der Waals surface area contributed by atoms with Gasteiger partial charge in [0.15, 0.2) is 0 Å². The first kappa shape index (κ1) is 17.2. The molecule has 1 aliphatic heterocycles. The minimum absolute atomic E-state index is 0.354. The van der Waals surface area contributed by atoms with Crippen molar-refractivity contribution < 1.29 is 19.0 Å². The Morgan fingerprint density at radius 3 is 2.45 bits per heavy atom. The summed E-state index contributed by atoms with van der Waals surface area (Å²) in [6, 6.07) is 4.63. The molecule has 0 aliphatic carbocycles. The van der Waals surface area contributed by atoms with Crippen LogP contribution in [0.3, 0.4) is 0 Å². The lowest BCUT2D eigenvalue weighted by atomic mass is 9.84. The molecule has 0 bridgehead atoms. The van der Waals surface area contributed by atoms with Gasteiger partial charge in [0.2, 0.25) is 0 Å². The van der Waals surface area contributed by atoms with E-state index in [1.807, 2.05) is 20.8 Å². The molecule has 0 saturated carbocycles. The Morgan fingerprint density at radius 2 is 1.95 bits per heavy atom. The second-order valence-electron chi connectivity index (χ2n) is 6.63. The Morgan fingerprint density at radius 1 is 1.36 bits per heavy atom. The van der Waals surface area contributed by atoms with Crippen molar-refractivity contribution in [2.45, 2.75) is 44.8 Å². The average Bonchev–Trinajstić information content (AvgIpc) is 2.40. The molecule has 0 atom stereocenters. The van der Waals surface area contributed by atoms with Gasteiger partial charge in [-0.3, -0.25) is 0 Å². The van der Waals surface area contributed by atoms with E-state index in [1.54, 1.807) is 17.0 Å². The number of hydrogen-bond donors (Lipinski definition) is 1. The van der Waals surface area contributed by atoms with Gasteiger partial charge in [-0.05, 0) is 67.2 Å². The van der Waals surface area contributed by atoms with Gasteiger partial charge in [0.05, 0.1) is 10.1 Å². The Bertz CT molecular complexity index is 563. The van der Waals surface area contributed by atoms with Gasteiger partial charge in [0, 0.05) is 13.1 Å². The normalized spacial score (nSPS) is 18.2. The highest BCUT2D eigenvalue weighted by atomic mass is 79.9. The highest BCUT2D eigenvalue weighted by Crippen LogP contribution is 2.34. The molecule has 1 aromatic carbocycles. The van der Waals surface area contributed by atoms with Gasteiger partial charge < -0.3 is 14.7 Å². The van der Waals surface area contributed by atoms with E-state index < -0.39 is 17.0 Å². The first-order valence-corrected chi connectivity index (χ1v) is 8.06. The van der Waals surface area contributed by atoms with Crippen LogP contribution in [0.5, 0.6) is 0 Å². The van der Waals surface area contributed by atoms with Gasteiger partial charge in [-0.15, -0.1) is 0 Å². The lowest BCUT2D eigenvalue weighted by Crippen LogP contribution is -2.46. The zero-order chi connectivity index (χ0) is 16.5. The van der Waals surface area contributed by atoms with Crippen molar-refractivity contribution in [3.63, 3.8) is 0 Å². The Labute approximate surface area is 138 Å². The first-order valence-electron chi connectivity index (χ1n) is 7.27. The first-order chi connectivity index (χ1) is 10.1. The Hall–Kier alpha value is -1.14. The maximum Gasteiger partial charge on any atom is 0.410 e. The second-order valence-corrected chi connectivity index (χ2v) is 7.48. The second kappa shape index (κ2) is 6.16. The molecule has 1 aromatic rings. The van der Waals surface area contributed by atoms with E-state index in [0.29, 0.717) is 36.0 Å². The van der Waals surface area contributed by atoms with Crippen molar-refractivity contribution >= 4 is 22.0 Å². The molecule has 1 saturated heterocycles. The number of rotatable bonds is 1. The fraction of sp³-hybridized carbons (Fsp3) is 0.562. The monoisotopic (exact) mass is 373 g/mol. The molecular formula is C16H21BrFNO3. The molecule has 22 heavy (non-hydrogen) atoms. The van der Waals surface area contributed by atoms with E-state index in [2.05, 4.69) is 15.9 Å². The number of hydrogen-bond acceptors (Lipinski definition) is 3. The van der Waals surface area contributed by atoms with Crippen LogP contribution in [0.15, 0.2) is 22.7 Å². The molecular weight excluding hydrogens is 353 g/mol. The zero-order valence-corrected chi connectivity index (χ0v) is 14.6. The van der Waals surface area contributed by atoms with Crippen molar-refractivity contribution in [2.75, 3.05) is 13.1 Å². The predicted molar refractivity (Wildman–Crippen MR) is 85.0 cm³/mol. The predicted octanol–water partition coefficient (Wildman–Crippen LogP) is 3.81. The standard InChI is InChI=1S/C16H21BrFNO3/c1-15(2,3)22-14(20)19-8-6-16(21,7-9-19)11-4-5-12(17)13(18)10-11/h4-5,10,21H,6-9H2,1-3H3. The minimum atomic E-state index is -1.11. The Balaban J connectivity index is 2.04. The number of nitrogens with zero attached hydrogens (tertiary/aromatic N) is 1. The van der Waals surface area contributed by atoms with Gasteiger partial charge in [0.1, 0.15) is 11.4 Å². The fourth-order valence-electron chi connectivity index (χ4n) is 2.46. The van der Waals surface area contributed by atoms with Crippen LogP contribution in [0.1, 0.15) is 39.2 Å². The van der Waals surface area contributed by atoms with Gasteiger partial charge in [-0.2, -0.15) is 0 Å². The highest BCUT2D eigenvalue weighted by molar-refractivity contribution is 9.10. The van der Waals surface area contributed by atoms with Crippen LogP contribution in [-0.4, -0.2) is 34.8 Å². The molecule has 0 spiro atoms. The third kappa shape index (κ3) is 3.98. The maximum atomic E-state index is 13.7. The van der Waals surface area contributed by atoms with E-state index in [-0.39, 0.29) is 6.09 Å². The van der Waals surface area contributed by atoms with E-state index in [0.717, 1.165) is 0 Å². The van der Waals surface area contributed by atoms with Crippen LogP contribution in [0.4, 0.5) is 9.18 Å². The summed E-state index contributed by atoms with van der Waals surface area (Å²) in [5.41, 5.74) is -1.11. The van der Waals surface area contributed by atoms with Crippen LogP contribution < -0.4 is 0 Å². The number of likely N-dealkylation sites (tertiary alicyclic amines) is 1. The summed E-state index contributed by atoms with van der Waals surface area (Å²) in [6.07, 6.45) is 0.331. The molecule has 1 heterocycles. The summed E-state index contributed by atoms with van der Waals surface area (Å²) < 4.78 is 19.3. The molecule has 0 unspecified atom stereocenters. The summed E-state index contributed by atoms with van der Waals surface area (Å²) >= 11 is 3.10. The number of piperidine rings is 1. The molecule has 1 fully saturated rings. The van der Waals surface area contributed by atoms with Crippen LogP contribution in [0, 0.1) is 5.82 Å². The molecule has 122 valence electrons. The van der Waals surface area contributed by atoms with Crippen molar-refractivity contribution in [2.24, 2.45) is 0 Å². The van der Waals surface area contributed by atoms with Crippen LogP contribution in [-0.2, 0) is 10.3 Å². The summed E-state index contributed by atoms with van der Waals surface area (Å²) in [5, 5.41) is 10.7. The fourth-order valence-corrected chi connectivity index (χ4v) is 2.71. The Kier molecular flexibility index (Phi) is 4.82. The lowest BCUT2D eigenvalue weighted by molar-refractivity contribution is -0.0358. The number of aliphatic hydroxyl groups is 1. The lowest BCUT2D eigenvalue weighted by Gasteiger charge is -2.39. The van der Waals surface area contributed by atoms with Crippen molar-refractivity contribution in [3.8, 4) is 0 Å². The number of benzene rings is 1. The summed E-state index contributed by atoms with van der Waals surface area (Å²) in [7, 11) is 0. The van der Waals surface area contributed by atoms with Crippen LogP contribution in [0.2, 0.25) is 0 Å². The van der Waals surface area contributed by atoms with Gasteiger partial charge >= 0.3 is 6.09 Å². The molecule has 0 aromatic heterocycles. The van der Waals surface area contributed by atoms with Crippen molar-refractivity contribution in [1.82, 2.24) is 4.90 Å². The van der Waals surface area contributed by atoms with Gasteiger partial charge in [-0.1, -0.05) is 6.07 Å². The van der Waals surface area contributed by atoms with Crippen LogP contribution >= 0.6 is 15.9 Å². The van der Waals surface area contributed by atoms with E-state index in [9.17, 15) is 14.3 Å². The van der Waals surface area contributed by atoms with E-state index >= 15 is 0 Å². The maximum absolute atomic E-state index is 13.7. The van der Waals surface area contributed by atoms with Gasteiger partial charge in [0.25, 0.3) is 0 Å². The molecule has 6 heteroatoms. The van der Waals surface area contributed by atoms with Crippen LogP contribution in [0.25, 0.3) is 0 Å². The summed E-state index contributed by atoms with van der Waals surface area (Å²) in [6.45, 7) is 6.20. The highest BCUT2D eigenvalue weighted by Gasteiger charge is 2.37. The summed E-state index contributed by atoms with van der Waals surface area (Å²) in [4.78, 5) is 13.6. The largest absolute Gasteiger partial charge is 0.444 e. The quantitative estimate of drug-likeness (QED) is 0.814. The number of amides is 1. The average molecular weight is 374 g/mol. The van der Waals surface area contributed by atoms with Crippen molar-refractivity contribution in [1.29, 1.82) is 0 Å². The topological polar surface area (TPSA) is 49.8 Å². The number of ether oxygens (including phenoxy) is 1. The minimum Gasteiger partial charge on any atom is -0.444 e. The molecule has 1 aliphatic rings. The molecule has 1 N–H and O–H groups in total. The van der Waals surface area contributed by atoms with Gasteiger partial charge in [-0.25, -0.2) is 9.18 Å². The smallest absolute Gasteiger partial charge is 0.410 e. The summed E-state index contributed by atoms with van der Waals surface area (Å²) in [5.74, 6) is -0.402. The van der Waals surface area contributed by atoms with Crippen molar-refractivity contribution in [3.05, 3.63) is 34.1 Å². The third-order valence-electron chi connectivity index (χ3n) is 3.70.